The molecular formula is C24H21Cl2N3O6S. The number of imide groups is 1. The fraction of sp³-hybridized carbons (Fsp3) is 0.250. The summed E-state index contributed by atoms with van der Waals surface area (Å²) >= 11 is 12.7. The van der Waals surface area contributed by atoms with E-state index < -0.39 is 17.1 Å². The zero-order valence-electron chi connectivity index (χ0n) is 18.9. The summed E-state index contributed by atoms with van der Waals surface area (Å²) in [6.45, 7) is 1.03. The summed E-state index contributed by atoms with van der Waals surface area (Å²) in [4.78, 5) is 52.8. The number of amides is 4. The summed E-state index contributed by atoms with van der Waals surface area (Å²) in [5.41, 5.74) is 0.969. The number of nitrogens with zero attached hydrogens (tertiary/aromatic N) is 2. The average Bonchev–Trinajstić information content (AvgIpc) is 3.12. The molecule has 0 unspecified atom stereocenters. The molecule has 0 bridgehead atoms. The first kappa shape index (κ1) is 26.0. The second-order valence-corrected chi connectivity index (χ2v) is 9.65. The van der Waals surface area contributed by atoms with Crippen molar-refractivity contribution in [2.24, 2.45) is 0 Å². The number of carbonyl (C=O) groups is 4. The van der Waals surface area contributed by atoms with Gasteiger partial charge in [0.2, 0.25) is 5.91 Å². The second kappa shape index (κ2) is 11.8. The van der Waals surface area contributed by atoms with Crippen molar-refractivity contribution in [1.82, 2.24) is 9.80 Å². The zero-order chi connectivity index (χ0) is 25.7. The summed E-state index contributed by atoms with van der Waals surface area (Å²) in [5.74, 6) is -1.01. The molecular weight excluding hydrogens is 529 g/mol. The van der Waals surface area contributed by atoms with Gasteiger partial charge >= 0.3 is 0 Å². The Labute approximate surface area is 221 Å². The van der Waals surface area contributed by atoms with Crippen LogP contribution in [-0.2, 0) is 19.1 Å². The highest BCUT2D eigenvalue weighted by molar-refractivity contribution is 8.18. The average molecular weight is 550 g/mol. The molecule has 4 amide bonds. The summed E-state index contributed by atoms with van der Waals surface area (Å²) < 4.78 is 10.9. The molecule has 0 saturated carbocycles. The van der Waals surface area contributed by atoms with Gasteiger partial charge in [-0.1, -0.05) is 23.2 Å². The molecule has 2 saturated heterocycles. The van der Waals surface area contributed by atoms with Crippen LogP contribution in [0.2, 0.25) is 10.0 Å². The zero-order valence-corrected chi connectivity index (χ0v) is 21.2. The van der Waals surface area contributed by atoms with Gasteiger partial charge in [0.15, 0.2) is 6.61 Å². The molecule has 188 valence electrons. The standard InChI is InChI=1S/C24H21Cl2N3O6S/c25-16-1-4-18(5-2-16)27-21(30)14-35-19-6-3-17(26)11-15(19)12-20-23(32)29(24(33)36-20)13-22(31)28-7-9-34-10-8-28/h1-6,11-12H,7-10,13-14H2,(H,27,30)/b20-12-. The molecule has 9 nitrogen and oxygen atoms in total. The molecule has 12 heteroatoms. The Morgan fingerprint density at radius 3 is 2.47 bits per heavy atom. The minimum atomic E-state index is -0.585. The lowest BCUT2D eigenvalue weighted by molar-refractivity contribution is -0.139. The van der Waals surface area contributed by atoms with E-state index in [4.69, 9.17) is 32.7 Å². The highest BCUT2D eigenvalue weighted by Gasteiger charge is 2.37. The minimum absolute atomic E-state index is 0.118. The van der Waals surface area contributed by atoms with E-state index >= 15 is 0 Å². The van der Waals surface area contributed by atoms with E-state index in [1.54, 1.807) is 47.4 Å². The van der Waals surface area contributed by atoms with E-state index in [1.807, 2.05) is 0 Å². The van der Waals surface area contributed by atoms with E-state index in [1.165, 1.54) is 6.08 Å². The first-order valence-electron chi connectivity index (χ1n) is 10.9. The van der Waals surface area contributed by atoms with E-state index in [0.717, 1.165) is 16.7 Å². The van der Waals surface area contributed by atoms with E-state index in [9.17, 15) is 19.2 Å². The van der Waals surface area contributed by atoms with Crippen molar-refractivity contribution in [2.75, 3.05) is 44.8 Å². The van der Waals surface area contributed by atoms with Crippen LogP contribution in [0.25, 0.3) is 6.08 Å². The molecule has 0 atom stereocenters. The van der Waals surface area contributed by atoms with Gasteiger partial charge < -0.3 is 19.7 Å². The lowest BCUT2D eigenvalue weighted by atomic mass is 10.2. The normalized spacial score (nSPS) is 17.0. The largest absolute Gasteiger partial charge is 0.483 e. The molecule has 2 aromatic carbocycles. The van der Waals surface area contributed by atoms with Gasteiger partial charge in [0.25, 0.3) is 17.1 Å². The molecule has 2 fully saturated rings. The third-order valence-corrected chi connectivity index (χ3v) is 6.67. The number of anilines is 1. The predicted octanol–water partition coefficient (Wildman–Crippen LogP) is 3.91. The van der Waals surface area contributed by atoms with Crippen molar-refractivity contribution in [2.45, 2.75) is 0 Å². The number of hydrogen-bond acceptors (Lipinski definition) is 7. The Hall–Kier alpha value is -3.05. The van der Waals surface area contributed by atoms with Crippen LogP contribution in [0.4, 0.5) is 10.5 Å². The maximum absolute atomic E-state index is 12.9. The number of thioether (sulfide) groups is 1. The van der Waals surface area contributed by atoms with Gasteiger partial charge in [-0.05, 0) is 60.3 Å². The summed E-state index contributed by atoms with van der Waals surface area (Å²) in [7, 11) is 0. The van der Waals surface area contributed by atoms with Crippen molar-refractivity contribution in [3.05, 3.63) is 63.0 Å². The summed E-state index contributed by atoms with van der Waals surface area (Å²) in [6, 6.07) is 11.3. The van der Waals surface area contributed by atoms with Gasteiger partial charge in [-0.15, -0.1) is 0 Å². The number of nitrogens with one attached hydrogen (secondary N) is 1. The van der Waals surface area contributed by atoms with Crippen LogP contribution in [0, 0.1) is 0 Å². The lowest BCUT2D eigenvalue weighted by Gasteiger charge is -2.28. The number of hydrogen-bond donors (Lipinski definition) is 1. The van der Waals surface area contributed by atoms with Crippen LogP contribution in [-0.4, -0.2) is 72.2 Å². The number of benzene rings is 2. The molecule has 0 aromatic heterocycles. The van der Waals surface area contributed by atoms with Crippen molar-refractivity contribution >= 4 is 69.7 Å². The first-order chi connectivity index (χ1) is 17.3. The van der Waals surface area contributed by atoms with Crippen LogP contribution in [0.15, 0.2) is 47.4 Å². The van der Waals surface area contributed by atoms with Crippen LogP contribution < -0.4 is 10.1 Å². The van der Waals surface area contributed by atoms with Crippen LogP contribution >= 0.6 is 35.0 Å². The van der Waals surface area contributed by atoms with Gasteiger partial charge in [-0.2, -0.15) is 0 Å². The smallest absolute Gasteiger partial charge is 0.294 e. The van der Waals surface area contributed by atoms with Crippen molar-refractivity contribution in [1.29, 1.82) is 0 Å². The van der Waals surface area contributed by atoms with E-state index in [-0.39, 0.29) is 24.0 Å². The number of halogens is 2. The van der Waals surface area contributed by atoms with Gasteiger partial charge in [-0.25, -0.2) is 0 Å². The molecule has 0 radical (unpaired) electrons. The highest BCUT2D eigenvalue weighted by Crippen LogP contribution is 2.35. The van der Waals surface area contributed by atoms with Crippen molar-refractivity contribution < 1.29 is 28.7 Å². The highest BCUT2D eigenvalue weighted by atomic mass is 35.5. The van der Waals surface area contributed by atoms with E-state index in [0.29, 0.717) is 53.3 Å². The van der Waals surface area contributed by atoms with E-state index in [2.05, 4.69) is 5.32 Å². The molecule has 2 aliphatic heterocycles. The molecule has 1 N–H and O–H groups in total. The van der Waals surface area contributed by atoms with Crippen molar-refractivity contribution in [3.8, 4) is 5.75 Å². The third-order valence-electron chi connectivity index (χ3n) is 5.28. The fourth-order valence-corrected chi connectivity index (χ4v) is 4.60. The monoisotopic (exact) mass is 549 g/mol. The van der Waals surface area contributed by atoms with Crippen molar-refractivity contribution in [3.63, 3.8) is 0 Å². The molecule has 0 spiro atoms. The van der Waals surface area contributed by atoms with Crippen LogP contribution in [0.5, 0.6) is 5.75 Å². The third kappa shape index (κ3) is 6.58. The summed E-state index contributed by atoms with van der Waals surface area (Å²) in [5, 5.41) is 3.07. The molecule has 2 heterocycles. The Balaban J connectivity index is 1.43. The molecule has 2 aliphatic rings. The number of morpholine rings is 1. The lowest BCUT2D eigenvalue weighted by Crippen LogP contribution is -2.46. The Morgan fingerprint density at radius 2 is 1.75 bits per heavy atom. The van der Waals surface area contributed by atoms with Crippen LogP contribution in [0.1, 0.15) is 5.56 Å². The maximum atomic E-state index is 12.9. The quantitative estimate of drug-likeness (QED) is 0.522. The van der Waals surface area contributed by atoms with Gasteiger partial charge in [0.1, 0.15) is 12.3 Å². The number of ether oxygens (including phenoxy) is 2. The fourth-order valence-electron chi connectivity index (χ4n) is 3.46. The number of rotatable bonds is 7. The number of carbonyl (C=O) groups excluding carboxylic acids is 4. The first-order valence-corrected chi connectivity index (χ1v) is 12.5. The topological polar surface area (TPSA) is 105 Å². The van der Waals surface area contributed by atoms with Gasteiger partial charge in [-0.3, -0.25) is 24.1 Å². The Morgan fingerprint density at radius 1 is 1.06 bits per heavy atom. The minimum Gasteiger partial charge on any atom is -0.483 e. The SMILES string of the molecule is O=C(COc1ccc(Cl)cc1/C=C1\SC(=O)N(CC(=O)N2CCOCC2)C1=O)Nc1ccc(Cl)cc1. The summed E-state index contributed by atoms with van der Waals surface area (Å²) in [6.07, 6.45) is 1.46. The van der Waals surface area contributed by atoms with Crippen LogP contribution in [0.3, 0.4) is 0 Å². The van der Waals surface area contributed by atoms with Gasteiger partial charge in [0.05, 0.1) is 18.1 Å². The predicted molar refractivity (Wildman–Crippen MR) is 137 cm³/mol. The second-order valence-electron chi connectivity index (χ2n) is 7.79. The Bertz CT molecular complexity index is 1210. The molecule has 2 aromatic rings. The molecule has 4 rings (SSSR count). The molecule has 36 heavy (non-hydrogen) atoms. The Kier molecular flexibility index (Phi) is 8.52. The van der Waals surface area contributed by atoms with Gasteiger partial charge in [0, 0.05) is 34.4 Å². The molecule has 0 aliphatic carbocycles. The maximum Gasteiger partial charge on any atom is 0.294 e.